The molecule has 31 heavy (non-hydrogen) atoms. The summed E-state index contributed by atoms with van der Waals surface area (Å²) in [7, 11) is 1.80. The summed E-state index contributed by atoms with van der Waals surface area (Å²) in [6.07, 6.45) is 1.08. The number of carbonyl (C=O) groups is 2. The number of ether oxygens (including phenoxy) is 2. The number of aliphatic hydroxyl groups is 1. The van der Waals surface area contributed by atoms with Crippen molar-refractivity contribution < 1.29 is 24.2 Å². The van der Waals surface area contributed by atoms with Crippen molar-refractivity contribution in [3.8, 4) is 5.75 Å². The van der Waals surface area contributed by atoms with Crippen molar-refractivity contribution in [2.45, 2.75) is 38.0 Å². The fraction of sp³-hybridized carbons (Fsp3) is 0.435. The number of nitrogens with one attached hydrogen (secondary N) is 1. The van der Waals surface area contributed by atoms with E-state index in [2.05, 4.69) is 16.4 Å². The standard InChI is InChI=1S/C23H25N3O5/c1-26-11-15-9-13(2-3-16(15)23(26)29)8-14-10-19(24-18-5-7-31-21(14)18)22(28)25-17-4-6-30-12-20(17)27/h2-3,9-10,17,20,27H,4-8,11-12H2,1H3,(H,25,28)/t17-,20-/m0/s1. The second kappa shape index (κ2) is 7.94. The fourth-order valence-corrected chi connectivity index (χ4v) is 4.47. The zero-order valence-corrected chi connectivity index (χ0v) is 17.4. The normalized spacial score (nSPS) is 22.1. The molecule has 2 aromatic rings. The molecule has 1 saturated heterocycles. The monoisotopic (exact) mass is 423 g/mol. The Hall–Kier alpha value is -2.97. The third-order valence-electron chi connectivity index (χ3n) is 6.13. The summed E-state index contributed by atoms with van der Waals surface area (Å²) in [5, 5.41) is 13.0. The molecule has 4 heterocycles. The largest absolute Gasteiger partial charge is 0.491 e. The molecule has 1 fully saturated rings. The minimum absolute atomic E-state index is 0.0453. The molecule has 2 N–H and O–H groups in total. The van der Waals surface area contributed by atoms with Gasteiger partial charge in [0.05, 0.1) is 31.1 Å². The molecule has 3 aliphatic heterocycles. The number of benzene rings is 1. The summed E-state index contributed by atoms with van der Waals surface area (Å²) in [5.74, 6) is 0.489. The topological polar surface area (TPSA) is 101 Å². The molecule has 0 saturated carbocycles. The van der Waals surface area contributed by atoms with Gasteiger partial charge >= 0.3 is 0 Å². The molecule has 1 aromatic heterocycles. The number of hydrogen-bond donors (Lipinski definition) is 2. The highest BCUT2D eigenvalue weighted by Crippen LogP contribution is 2.32. The van der Waals surface area contributed by atoms with Gasteiger partial charge in [-0.1, -0.05) is 12.1 Å². The van der Waals surface area contributed by atoms with Crippen LogP contribution in [0.3, 0.4) is 0 Å². The molecule has 0 aliphatic carbocycles. The molecule has 3 aliphatic rings. The van der Waals surface area contributed by atoms with Gasteiger partial charge in [-0.15, -0.1) is 0 Å². The van der Waals surface area contributed by atoms with Crippen LogP contribution in [0.5, 0.6) is 5.75 Å². The molecule has 2 atom stereocenters. The number of carbonyl (C=O) groups excluding carboxylic acids is 2. The quantitative estimate of drug-likeness (QED) is 0.763. The highest BCUT2D eigenvalue weighted by molar-refractivity contribution is 5.98. The van der Waals surface area contributed by atoms with Crippen molar-refractivity contribution in [1.29, 1.82) is 0 Å². The molecule has 8 nitrogen and oxygen atoms in total. The van der Waals surface area contributed by atoms with Gasteiger partial charge in [-0.25, -0.2) is 4.98 Å². The Kier molecular flexibility index (Phi) is 5.11. The predicted octanol–water partition coefficient (Wildman–Crippen LogP) is 1.07. The van der Waals surface area contributed by atoms with Crippen LogP contribution in [0.1, 0.15) is 49.7 Å². The molecular weight excluding hydrogens is 398 g/mol. The lowest BCUT2D eigenvalue weighted by molar-refractivity contribution is -0.0261. The van der Waals surface area contributed by atoms with Gasteiger partial charge in [0.15, 0.2) is 0 Å². The molecular formula is C23H25N3O5. The lowest BCUT2D eigenvalue weighted by Crippen LogP contribution is -2.48. The third kappa shape index (κ3) is 3.77. The van der Waals surface area contributed by atoms with E-state index in [1.54, 1.807) is 18.0 Å². The predicted molar refractivity (Wildman–Crippen MR) is 111 cm³/mol. The van der Waals surface area contributed by atoms with Crippen LogP contribution in [0.2, 0.25) is 0 Å². The van der Waals surface area contributed by atoms with E-state index >= 15 is 0 Å². The minimum Gasteiger partial charge on any atom is -0.491 e. The van der Waals surface area contributed by atoms with Gasteiger partial charge < -0.3 is 24.8 Å². The van der Waals surface area contributed by atoms with Crippen LogP contribution in [0, 0.1) is 0 Å². The van der Waals surface area contributed by atoms with Crippen LogP contribution in [-0.2, 0) is 24.1 Å². The number of amides is 2. The summed E-state index contributed by atoms with van der Waals surface area (Å²) in [4.78, 5) is 31.3. The summed E-state index contributed by atoms with van der Waals surface area (Å²) < 4.78 is 11.0. The van der Waals surface area contributed by atoms with Crippen LogP contribution < -0.4 is 10.1 Å². The van der Waals surface area contributed by atoms with Crippen LogP contribution >= 0.6 is 0 Å². The van der Waals surface area contributed by atoms with Crippen molar-refractivity contribution in [3.05, 3.63) is 57.9 Å². The highest BCUT2D eigenvalue weighted by Gasteiger charge is 2.28. The first-order valence-electron chi connectivity index (χ1n) is 10.6. The van der Waals surface area contributed by atoms with Gasteiger partial charge in [0.1, 0.15) is 11.4 Å². The first-order chi connectivity index (χ1) is 15.0. The van der Waals surface area contributed by atoms with Crippen molar-refractivity contribution in [1.82, 2.24) is 15.2 Å². The molecule has 1 aromatic carbocycles. The van der Waals surface area contributed by atoms with E-state index in [9.17, 15) is 14.7 Å². The SMILES string of the molecule is CN1Cc2cc(Cc3cc(C(=O)N[C@H]4CCOC[C@@H]4O)nc4c3OCC4)ccc2C1=O. The smallest absolute Gasteiger partial charge is 0.270 e. The van der Waals surface area contributed by atoms with Crippen LogP contribution in [0.15, 0.2) is 24.3 Å². The number of pyridine rings is 1. The van der Waals surface area contributed by atoms with Crippen molar-refractivity contribution in [2.24, 2.45) is 0 Å². The van der Waals surface area contributed by atoms with E-state index in [-0.39, 0.29) is 24.5 Å². The summed E-state index contributed by atoms with van der Waals surface area (Å²) in [5.41, 5.74) is 4.83. The Morgan fingerprint density at radius 1 is 1.32 bits per heavy atom. The summed E-state index contributed by atoms with van der Waals surface area (Å²) >= 11 is 0. The number of aromatic nitrogens is 1. The molecule has 162 valence electrons. The van der Waals surface area contributed by atoms with Crippen LogP contribution in [-0.4, -0.2) is 65.8 Å². The number of hydrogen-bond acceptors (Lipinski definition) is 6. The van der Waals surface area contributed by atoms with Crippen LogP contribution in [0.25, 0.3) is 0 Å². The Morgan fingerprint density at radius 3 is 3.03 bits per heavy atom. The second-order valence-corrected chi connectivity index (χ2v) is 8.38. The van der Waals surface area contributed by atoms with Crippen molar-refractivity contribution in [2.75, 3.05) is 26.9 Å². The zero-order chi connectivity index (χ0) is 21.5. The van der Waals surface area contributed by atoms with Crippen molar-refractivity contribution in [3.63, 3.8) is 0 Å². The number of rotatable bonds is 4. The maximum absolute atomic E-state index is 12.9. The van der Waals surface area contributed by atoms with Gasteiger partial charge in [0.2, 0.25) is 0 Å². The van der Waals surface area contributed by atoms with Crippen molar-refractivity contribution >= 4 is 11.8 Å². The summed E-state index contributed by atoms with van der Waals surface area (Å²) in [6, 6.07) is 7.31. The molecule has 2 amide bonds. The first-order valence-corrected chi connectivity index (χ1v) is 10.6. The molecule has 0 unspecified atom stereocenters. The summed E-state index contributed by atoms with van der Waals surface area (Å²) in [6.45, 7) is 1.88. The molecule has 0 spiro atoms. The van der Waals surface area contributed by atoms with Gasteiger partial charge in [0.25, 0.3) is 11.8 Å². The number of aliphatic hydroxyl groups excluding tert-OH is 1. The fourth-order valence-electron chi connectivity index (χ4n) is 4.47. The van der Waals surface area contributed by atoms with E-state index in [1.807, 2.05) is 12.1 Å². The second-order valence-electron chi connectivity index (χ2n) is 8.38. The van der Waals surface area contributed by atoms with E-state index in [4.69, 9.17) is 9.47 Å². The Balaban J connectivity index is 1.40. The maximum Gasteiger partial charge on any atom is 0.270 e. The lowest BCUT2D eigenvalue weighted by atomic mass is 9.99. The molecule has 5 rings (SSSR count). The average molecular weight is 423 g/mol. The number of fused-ring (bicyclic) bond motifs is 2. The number of nitrogens with zero attached hydrogens (tertiary/aromatic N) is 2. The highest BCUT2D eigenvalue weighted by atomic mass is 16.5. The van der Waals surface area contributed by atoms with E-state index in [0.29, 0.717) is 44.7 Å². The molecule has 0 bridgehead atoms. The van der Waals surface area contributed by atoms with Gasteiger partial charge in [-0.2, -0.15) is 0 Å². The Labute approximate surface area is 180 Å². The minimum atomic E-state index is -0.720. The Morgan fingerprint density at radius 2 is 2.19 bits per heavy atom. The van der Waals surface area contributed by atoms with E-state index in [1.165, 1.54) is 0 Å². The van der Waals surface area contributed by atoms with Gasteiger partial charge in [-0.05, 0) is 29.7 Å². The average Bonchev–Trinajstić information content (AvgIpc) is 3.34. The zero-order valence-electron chi connectivity index (χ0n) is 17.4. The van der Waals surface area contributed by atoms with Crippen LogP contribution in [0.4, 0.5) is 0 Å². The van der Waals surface area contributed by atoms with Gasteiger partial charge in [0, 0.05) is 44.2 Å². The first kappa shape index (κ1) is 20.0. The molecule has 8 heteroatoms. The molecule has 0 radical (unpaired) electrons. The lowest BCUT2D eigenvalue weighted by Gasteiger charge is -2.28. The van der Waals surface area contributed by atoms with E-state index in [0.717, 1.165) is 33.7 Å². The Bertz CT molecular complexity index is 1050. The van der Waals surface area contributed by atoms with E-state index < -0.39 is 6.10 Å². The maximum atomic E-state index is 12.9. The van der Waals surface area contributed by atoms with Gasteiger partial charge in [-0.3, -0.25) is 9.59 Å². The third-order valence-corrected chi connectivity index (χ3v) is 6.13.